The Balaban J connectivity index is 1.86. The molecule has 0 saturated heterocycles. The van der Waals surface area contributed by atoms with Crippen molar-refractivity contribution in [2.24, 2.45) is 0 Å². The van der Waals surface area contributed by atoms with E-state index < -0.39 is 17.4 Å². The zero-order valence-electron chi connectivity index (χ0n) is 12.2. The molecule has 3 rings (SSSR count). The highest BCUT2D eigenvalue weighted by atomic mass is 16.4. The molecule has 1 heterocycles. The van der Waals surface area contributed by atoms with E-state index in [0.717, 1.165) is 30.2 Å². The molecule has 5 nitrogen and oxygen atoms in total. The van der Waals surface area contributed by atoms with Gasteiger partial charge >= 0.3 is 5.97 Å². The van der Waals surface area contributed by atoms with Crippen molar-refractivity contribution < 1.29 is 14.7 Å². The Hall–Kier alpha value is -2.43. The quantitative estimate of drug-likeness (QED) is 0.913. The Labute approximate surface area is 128 Å². The number of benzene rings is 1. The van der Waals surface area contributed by atoms with Crippen LogP contribution in [0.1, 0.15) is 42.6 Å². The molecule has 22 heavy (non-hydrogen) atoms. The molecule has 1 aliphatic rings. The first-order chi connectivity index (χ1) is 10.6. The summed E-state index contributed by atoms with van der Waals surface area (Å²) in [5, 5.41) is 13.2. The molecule has 1 aliphatic carbocycles. The summed E-state index contributed by atoms with van der Waals surface area (Å²) in [4.78, 5) is 28.4. The van der Waals surface area contributed by atoms with Crippen LogP contribution >= 0.6 is 0 Å². The van der Waals surface area contributed by atoms with Crippen LogP contribution in [0.15, 0.2) is 36.4 Å². The summed E-state index contributed by atoms with van der Waals surface area (Å²) >= 11 is 0. The zero-order valence-corrected chi connectivity index (χ0v) is 12.2. The fourth-order valence-electron chi connectivity index (χ4n) is 3.02. The number of para-hydroxylation sites is 1. The second kappa shape index (κ2) is 5.75. The van der Waals surface area contributed by atoms with E-state index in [0.29, 0.717) is 12.8 Å². The van der Waals surface area contributed by atoms with E-state index in [9.17, 15) is 14.7 Å². The van der Waals surface area contributed by atoms with Crippen molar-refractivity contribution in [2.45, 2.75) is 37.6 Å². The Morgan fingerprint density at radius 1 is 1.05 bits per heavy atom. The molecule has 2 aromatic rings. The third-order valence-corrected chi connectivity index (χ3v) is 4.30. The minimum Gasteiger partial charge on any atom is -0.480 e. The van der Waals surface area contributed by atoms with Crippen LogP contribution in [0, 0.1) is 0 Å². The fourth-order valence-corrected chi connectivity index (χ4v) is 3.02. The number of carbonyl (C=O) groups is 2. The number of fused-ring (bicyclic) bond motifs is 1. The van der Waals surface area contributed by atoms with Gasteiger partial charge < -0.3 is 10.4 Å². The van der Waals surface area contributed by atoms with Gasteiger partial charge in [0.1, 0.15) is 11.2 Å². The average molecular weight is 298 g/mol. The lowest BCUT2D eigenvalue weighted by molar-refractivity contribution is -0.145. The molecule has 0 bridgehead atoms. The topological polar surface area (TPSA) is 79.3 Å². The van der Waals surface area contributed by atoms with Crippen LogP contribution in [0.3, 0.4) is 0 Å². The maximum atomic E-state index is 12.4. The highest BCUT2D eigenvalue weighted by molar-refractivity contribution is 5.98. The number of amides is 1. The average Bonchev–Trinajstić information content (AvgIpc) is 2.55. The number of hydrogen-bond donors (Lipinski definition) is 2. The molecule has 0 radical (unpaired) electrons. The molecule has 5 heteroatoms. The van der Waals surface area contributed by atoms with Crippen molar-refractivity contribution >= 4 is 22.8 Å². The predicted molar refractivity (Wildman–Crippen MR) is 82.7 cm³/mol. The lowest BCUT2D eigenvalue weighted by Crippen LogP contribution is -2.55. The van der Waals surface area contributed by atoms with Crippen LogP contribution in [-0.2, 0) is 4.79 Å². The number of nitrogens with zero attached hydrogens (tertiary/aromatic N) is 1. The number of pyridine rings is 1. The van der Waals surface area contributed by atoms with Crippen molar-refractivity contribution in [3.8, 4) is 0 Å². The third kappa shape index (κ3) is 2.66. The SMILES string of the molecule is O=C(NC1(C(=O)O)CCCCC1)c1ccc2ccccc2n1. The number of aliphatic carboxylic acids is 1. The van der Waals surface area contributed by atoms with Crippen molar-refractivity contribution in [2.75, 3.05) is 0 Å². The van der Waals surface area contributed by atoms with E-state index in [1.165, 1.54) is 0 Å². The number of hydrogen-bond acceptors (Lipinski definition) is 3. The van der Waals surface area contributed by atoms with Crippen LogP contribution in [0.2, 0.25) is 0 Å². The summed E-state index contributed by atoms with van der Waals surface area (Å²) in [6.45, 7) is 0. The summed E-state index contributed by atoms with van der Waals surface area (Å²) in [6, 6.07) is 11.0. The monoisotopic (exact) mass is 298 g/mol. The van der Waals surface area contributed by atoms with E-state index in [1.807, 2.05) is 30.3 Å². The van der Waals surface area contributed by atoms with Crippen LogP contribution < -0.4 is 5.32 Å². The Bertz CT molecular complexity index is 721. The van der Waals surface area contributed by atoms with E-state index in [4.69, 9.17) is 0 Å². The van der Waals surface area contributed by atoms with Crippen LogP contribution in [0.4, 0.5) is 0 Å². The number of carboxylic acids is 1. The molecular weight excluding hydrogens is 280 g/mol. The van der Waals surface area contributed by atoms with Crippen LogP contribution in [0.5, 0.6) is 0 Å². The van der Waals surface area contributed by atoms with Gasteiger partial charge in [-0.1, -0.05) is 43.5 Å². The van der Waals surface area contributed by atoms with E-state index in [2.05, 4.69) is 10.3 Å². The maximum absolute atomic E-state index is 12.4. The van der Waals surface area contributed by atoms with Crippen molar-refractivity contribution in [3.05, 3.63) is 42.1 Å². The summed E-state index contributed by atoms with van der Waals surface area (Å²) in [7, 11) is 0. The normalized spacial score (nSPS) is 17.1. The Kier molecular flexibility index (Phi) is 3.79. The molecular formula is C17H18N2O3. The van der Waals surface area contributed by atoms with Crippen molar-refractivity contribution in [1.29, 1.82) is 0 Å². The summed E-state index contributed by atoms with van der Waals surface area (Å²) in [5.74, 6) is -1.38. The van der Waals surface area contributed by atoms with E-state index in [1.54, 1.807) is 6.07 Å². The number of carboxylic acid groups (broad SMARTS) is 1. The molecule has 1 aromatic carbocycles. The van der Waals surface area contributed by atoms with Gasteiger partial charge in [0.05, 0.1) is 5.52 Å². The molecule has 0 spiro atoms. The van der Waals surface area contributed by atoms with Gasteiger partial charge in [-0.25, -0.2) is 9.78 Å². The van der Waals surface area contributed by atoms with Crippen LogP contribution in [0.25, 0.3) is 10.9 Å². The highest BCUT2D eigenvalue weighted by Crippen LogP contribution is 2.28. The molecule has 1 fully saturated rings. The molecule has 2 N–H and O–H groups in total. The fraction of sp³-hybridized carbons (Fsp3) is 0.353. The first-order valence-corrected chi connectivity index (χ1v) is 7.52. The zero-order chi connectivity index (χ0) is 15.6. The number of aromatic nitrogens is 1. The first-order valence-electron chi connectivity index (χ1n) is 7.52. The van der Waals surface area contributed by atoms with Gasteiger partial charge in [0.2, 0.25) is 0 Å². The number of carbonyl (C=O) groups excluding carboxylic acids is 1. The van der Waals surface area contributed by atoms with E-state index in [-0.39, 0.29) is 5.69 Å². The van der Waals surface area contributed by atoms with Crippen molar-refractivity contribution in [3.63, 3.8) is 0 Å². The van der Waals surface area contributed by atoms with Crippen LogP contribution in [-0.4, -0.2) is 27.5 Å². The minimum absolute atomic E-state index is 0.255. The maximum Gasteiger partial charge on any atom is 0.329 e. The Morgan fingerprint density at radius 2 is 1.77 bits per heavy atom. The van der Waals surface area contributed by atoms with Crippen molar-refractivity contribution in [1.82, 2.24) is 10.3 Å². The second-order valence-electron chi connectivity index (χ2n) is 5.79. The summed E-state index contributed by atoms with van der Waals surface area (Å²) in [6.07, 6.45) is 3.60. The second-order valence-corrected chi connectivity index (χ2v) is 5.79. The smallest absolute Gasteiger partial charge is 0.329 e. The van der Waals surface area contributed by atoms with Gasteiger partial charge in [-0.05, 0) is 25.0 Å². The third-order valence-electron chi connectivity index (χ3n) is 4.30. The lowest BCUT2D eigenvalue weighted by Gasteiger charge is -2.33. The summed E-state index contributed by atoms with van der Waals surface area (Å²) in [5.41, 5.74) is -0.170. The molecule has 1 aromatic heterocycles. The van der Waals surface area contributed by atoms with Gasteiger partial charge in [0.25, 0.3) is 5.91 Å². The van der Waals surface area contributed by atoms with E-state index >= 15 is 0 Å². The number of nitrogens with one attached hydrogen (secondary N) is 1. The van der Waals surface area contributed by atoms with Gasteiger partial charge in [-0.3, -0.25) is 4.79 Å². The van der Waals surface area contributed by atoms with Gasteiger partial charge in [-0.2, -0.15) is 0 Å². The highest BCUT2D eigenvalue weighted by Gasteiger charge is 2.41. The standard InChI is InChI=1S/C17H18N2O3/c20-15(19-17(16(21)22)10-4-1-5-11-17)14-9-8-12-6-2-3-7-13(12)18-14/h2-3,6-9H,1,4-5,10-11H2,(H,19,20)(H,21,22). The van der Waals surface area contributed by atoms with Gasteiger partial charge in [0, 0.05) is 5.39 Å². The summed E-state index contributed by atoms with van der Waals surface area (Å²) < 4.78 is 0. The molecule has 0 unspecified atom stereocenters. The molecule has 114 valence electrons. The van der Waals surface area contributed by atoms with Gasteiger partial charge in [0.15, 0.2) is 0 Å². The Morgan fingerprint density at radius 3 is 2.50 bits per heavy atom. The first kappa shape index (κ1) is 14.5. The molecule has 0 atom stereocenters. The molecule has 0 aliphatic heterocycles. The largest absolute Gasteiger partial charge is 0.480 e. The minimum atomic E-state index is -1.15. The van der Waals surface area contributed by atoms with Gasteiger partial charge in [-0.15, -0.1) is 0 Å². The number of rotatable bonds is 3. The molecule has 1 saturated carbocycles. The molecule has 1 amide bonds. The lowest BCUT2D eigenvalue weighted by atomic mass is 9.81. The predicted octanol–water partition coefficient (Wildman–Crippen LogP) is 2.75.